The van der Waals surface area contributed by atoms with Gasteiger partial charge in [-0.25, -0.2) is 9.59 Å². The maximum Gasteiger partial charge on any atom is 0.350 e. The Hall–Kier alpha value is -2.31. The van der Waals surface area contributed by atoms with Gasteiger partial charge >= 0.3 is 11.7 Å². The molecule has 2 amide bonds. The molecule has 7 heteroatoms. The van der Waals surface area contributed by atoms with Crippen molar-refractivity contribution >= 4 is 11.8 Å². The highest BCUT2D eigenvalue weighted by Crippen LogP contribution is 2.14. The molecule has 88 valence electrons. The summed E-state index contributed by atoms with van der Waals surface area (Å²) in [6.07, 6.45) is 0. The molecule has 1 aromatic heterocycles. The summed E-state index contributed by atoms with van der Waals surface area (Å²) in [4.78, 5) is 30.7. The third-order valence-corrected chi connectivity index (χ3v) is 1.41. The number of hydrogen-bond donors (Lipinski definition) is 3. The molecule has 0 bridgehead atoms. The molecule has 1 aromatic rings. The molecule has 0 saturated carbocycles. The average Bonchev–Trinajstić information content (AvgIpc) is 1.98. The maximum absolute atomic E-state index is 11.0. The van der Waals surface area contributed by atoms with Crippen LogP contribution in [0.5, 0.6) is 5.75 Å². The van der Waals surface area contributed by atoms with Gasteiger partial charge in [-0.3, -0.25) is 4.79 Å². The number of nitrogens with two attached hydrogens (primary N) is 2. The first kappa shape index (κ1) is 13.7. The first-order chi connectivity index (χ1) is 7.25. The van der Waals surface area contributed by atoms with Crippen molar-refractivity contribution in [3.05, 3.63) is 27.8 Å². The monoisotopic (exact) mass is 228 g/mol. The van der Waals surface area contributed by atoms with Crippen LogP contribution in [0.1, 0.15) is 23.0 Å². The molecule has 0 aliphatic heterocycles. The minimum absolute atomic E-state index is 0.280. The van der Waals surface area contributed by atoms with Gasteiger partial charge in [-0.05, 0) is 13.8 Å². The molecule has 0 saturated heterocycles. The minimum atomic E-state index is -0.833. The van der Waals surface area contributed by atoms with Gasteiger partial charge in [0.25, 0.3) is 0 Å². The predicted molar refractivity (Wildman–Crippen MR) is 55.2 cm³/mol. The number of carbonyl (C=O) groups excluding carboxylic acids is 2. The van der Waals surface area contributed by atoms with Crippen molar-refractivity contribution in [2.24, 2.45) is 11.5 Å². The largest absolute Gasteiger partial charge is 0.507 e. The number of ketones is 1. The highest BCUT2D eigenvalue weighted by Gasteiger charge is 2.13. The van der Waals surface area contributed by atoms with Crippen LogP contribution < -0.4 is 17.1 Å². The number of aromatic hydroxyl groups is 1. The number of rotatable bonds is 1. The summed E-state index contributed by atoms with van der Waals surface area (Å²) in [7, 11) is 0. The molecule has 0 fully saturated rings. The molecule has 0 aliphatic carbocycles. The predicted octanol–water partition coefficient (Wildman–Crippen LogP) is -0.120. The molecule has 0 aromatic carbocycles. The lowest BCUT2D eigenvalue weighted by atomic mass is 10.2. The average molecular weight is 228 g/mol. The number of urea groups is 1. The Bertz CT molecular complexity index is 459. The van der Waals surface area contributed by atoms with Gasteiger partial charge in [-0.1, -0.05) is 0 Å². The second-order valence-electron chi connectivity index (χ2n) is 2.86. The van der Waals surface area contributed by atoms with Crippen LogP contribution in [-0.4, -0.2) is 16.9 Å². The van der Waals surface area contributed by atoms with Crippen LogP contribution in [0.3, 0.4) is 0 Å². The lowest BCUT2D eigenvalue weighted by Gasteiger charge is -1.98. The third-order valence-electron chi connectivity index (χ3n) is 1.41. The van der Waals surface area contributed by atoms with E-state index in [1.54, 1.807) is 0 Å². The van der Waals surface area contributed by atoms with Gasteiger partial charge in [-0.2, -0.15) is 0 Å². The molecular formula is C9H12N2O5. The fourth-order valence-electron chi connectivity index (χ4n) is 0.920. The Labute approximate surface area is 90.7 Å². The van der Waals surface area contributed by atoms with Gasteiger partial charge < -0.3 is 21.0 Å². The first-order valence-corrected chi connectivity index (χ1v) is 4.15. The number of aryl methyl sites for hydroxylation is 1. The Balaban J connectivity index is 0.000000487. The molecule has 0 spiro atoms. The summed E-state index contributed by atoms with van der Waals surface area (Å²) in [5.74, 6) is -0.542. The van der Waals surface area contributed by atoms with E-state index in [0.29, 0.717) is 0 Å². The fraction of sp³-hybridized carbons (Fsp3) is 0.222. The van der Waals surface area contributed by atoms with Crippen LogP contribution >= 0.6 is 0 Å². The van der Waals surface area contributed by atoms with E-state index < -0.39 is 17.4 Å². The zero-order valence-corrected chi connectivity index (χ0v) is 8.81. The van der Waals surface area contributed by atoms with E-state index in [0.717, 1.165) is 0 Å². The Morgan fingerprint density at radius 3 is 2.12 bits per heavy atom. The van der Waals surface area contributed by atoms with Crippen molar-refractivity contribution in [1.82, 2.24) is 0 Å². The lowest BCUT2D eigenvalue weighted by molar-refractivity contribution is 0.101. The van der Waals surface area contributed by atoms with Crippen LogP contribution in [0.25, 0.3) is 0 Å². The summed E-state index contributed by atoms with van der Waals surface area (Å²) < 4.78 is 4.61. The van der Waals surface area contributed by atoms with E-state index in [1.165, 1.54) is 19.9 Å². The van der Waals surface area contributed by atoms with Gasteiger partial charge in [0.2, 0.25) is 0 Å². The van der Waals surface area contributed by atoms with E-state index in [2.05, 4.69) is 15.9 Å². The normalized spacial score (nSPS) is 8.88. The van der Waals surface area contributed by atoms with Crippen LogP contribution in [-0.2, 0) is 0 Å². The molecule has 1 heterocycles. The number of hydrogen-bond acceptors (Lipinski definition) is 5. The van der Waals surface area contributed by atoms with Gasteiger partial charge in [0.15, 0.2) is 5.78 Å². The zero-order chi connectivity index (χ0) is 12.9. The molecule has 1 rings (SSSR count). The number of amides is 2. The molecule has 5 N–H and O–H groups in total. The topological polar surface area (TPSA) is 137 Å². The van der Waals surface area contributed by atoms with Gasteiger partial charge in [0.05, 0.1) is 0 Å². The van der Waals surface area contributed by atoms with Crippen molar-refractivity contribution < 1.29 is 19.1 Å². The van der Waals surface area contributed by atoms with Crippen LogP contribution in [0, 0.1) is 6.92 Å². The molecule has 7 nitrogen and oxygen atoms in total. The van der Waals surface area contributed by atoms with Crippen LogP contribution in [0.15, 0.2) is 15.3 Å². The molecule has 0 radical (unpaired) electrons. The zero-order valence-electron chi connectivity index (χ0n) is 8.81. The first-order valence-electron chi connectivity index (χ1n) is 4.15. The van der Waals surface area contributed by atoms with Crippen molar-refractivity contribution in [3.63, 3.8) is 0 Å². The molecule has 16 heavy (non-hydrogen) atoms. The lowest BCUT2D eigenvalue weighted by Crippen LogP contribution is -2.18. The van der Waals surface area contributed by atoms with Gasteiger partial charge in [0.1, 0.15) is 17.1 Å². The van der Waals surface area contributed by atoms with Gasteiger partial charge in [-0.15, -0.1) is 0 Å². The molecular weight excluding hydrogens is 216 g/mol. The van der Waals surface area contributed by atoms with Crippen molar-refractivity contribution in [2.45, 2.75) is 13.8 Å². The minimum Gasteiger partial charge on any atom is -0.507 e. The summed E-state index contributed by atoms with van der Waals surface area (Å²) in [6.45, 7) is 2.71. The molecule has 0 unspecified atom stereocenters. The van der Waals surface area contributed by atoms with Gasteiger partial charge in [0, 0.05) is 6.07 Å². The SMILES string of the molecule is CC(=O)c1c(O)cc(C)oc1=O.NC(N)=O. The Kier molecular flexibility index (Phi) is 4.74. The van der Waals surface area contributed by atoms with E-state index in [1.807, 2.05) is 0 Å². The molecule has 0 atom stereocenters. The highest BCUT2D eigenvalue weighted by molar-refractivity contribution is 5.96. The number of primary amides is 2. The smallest absolute Gasteiger partial charge is 0.350 e. The second kappa shape index (κ2) is 5.54. The quantitative estimate of drug-likeness (QED) is 0.575. The maximum atomic E-state index is 11.0. The van der Waals surface area contributed by atoms with E-state index in [4.69, 9.17) is 9.90 Å². The molecule has 0 aliphatic rings. The third kappa shape index (κ3) is 4.27. The van der Waals surface area contributed by atoms with E-state index >= 15 is 0 Å². The van der Waals surface area contributed by atoms with E-state index in [-0.39, 0.29) is 17.1 Å². The van der Waals surface area contributed by atoms with Crippen molar-refractivity contribution in [1.29, 1.82) is 0 Å². The standard InChI is InChI=1S/C8H8O4.CH4N2O/c1-4-3-6(10)7(5(2)9)8(11)12-4;2-1(3)4/h3,10H,1-2H3;(H4,2,3,4). The fourth-order valence-corrected chi connectivity index (χ4v) is 0.920. The summed E-state index contributed by atoms with van der Waals surface area (Å²) in [6, 6.07) is 0.401. The number of Topliss-reactive ketones (excluding diaryl/α,β-unsaturated/α-hetero) is 1. The van der Waals surface area contributed by atoms with Crippen LogP contribution in [0.2, 0.25) is 0 Å². The summed E-state index contributed by atoms with van der Waals surface area (Å²) >= 11 is 0. The summed E-state index contributed by atoms with van der Waals surface area (Å²) in [5.41, 5.74) is 7.42. The Morgan fingerprint density at radius 1 is 1.38 bits per heavy atom. The van der Waals surface area contributed by atoms with Crippen LogP contribution in [0.4, 0.5) is 4.79 Å². The number of carbonyl (C=O) groups is 2. The van der Waals surface area contributed by atoms with Crippen molar-refractivity contribution in [3.8, 4) is 5.75 Å². The Morgan fingerprint density at radius 2 is 1.81 bits per heavy atom. The van der Waals surface area contributed by atoms with E-state index in [9.17, 15) is 9.59 Å². The van der Waals surface area contributed by atoms with Crippen molar-refractivity contribution in [2.75, 3.05) is 0 Å². The highest BCUT2D eigenvalue weighted by atomic mass is 16.4. The second-order valence-corrected chi connectivity index (χ2v) is 2.86. The summed E-state index contributed by atoms with van der Waals surface area (Å²) in [5, 5.41) is 9.16.